The molecule has 4 rings (SSSR count). The number of carbonyl (C=O) groups excluding carboxylic acids is 2. The monoisotopic (exact) mass is 415 g/mol. The van der Waals surface area contributed by atoms with Crippen molar-refractivity contribution in [2.24, 2.45) is 0 Å². The van der Waals surface area contributed by atoms with Gasteiger partial charge in [-0.15, -0.1) is 11.3 Å². The maximum atomic E-state index is 13.2. The quantitative estimate of drug-likeness (QED) is 0.731. The molecular formula is C21H29N5O2S. The number of amides is 2. The van der Waals surface area contributed by atoms with Crippen LogP contribution in [0.25, 0.3) is 10.2 Å². The van der Waals surface area contributed by atoms with E-state index in [0.717, 1.165) is 78.3 Å². The lowest BCUT2D eigenvalue weighted by molar-refractivity contribution is -0.127. The zero-order chi connectivity index (χ0) is 20.4. The predicted molar refractivity (Wildman–Crippen MR) is 115 cm³/mol. The topological polar surface area (TPSA) is 78.4 Å². The fourth-order valence-corrected chi connectivity index (χ4v) is 5.46. The summed E-state index contributed by atoms with van der Waals surface area (Å²) in [5.74, 6) is 1.16. The van der Waals surface area contributed by atoms with Crippen LogP contribution in [0, 0.1) is 6.92 Å². The van der Waals surface area contributed by atoms with Crippen molar-refractivity contribution < 1.29 is 9.59 Å². The van der Waals surface area contributed by atoms with E-state index in [-0.39, 0.29) is 17.9 Å². The Morgan fingerprint density at radius 1 is 1.28 bits per heavy atom. The lowest BCUT2D eigenvalue weighted by Crippen LogP contribution is -2.41. The molecule has 2 aromatic rings. The summed E-state index contributed by atoms with van der Waals surface area (Å²) < 4.78 is 0. The molecule has 2 aliphatic rings. The van der Waals surface area contributed by atoms with Crippen LogP contribution in [0.2, 0.25) is 0 Å². The Bertz CT molecular complexity index is 912. The van der Waals surface area contributed by atoms with E-state index in [1.165, 1.54) is 17.8 Å². The third-order valence-electron chi connectivity index (χ3n) is 6.05. The fourth-order valence-electron chi connectivity index (χ4n) is 4.36. The van der Waals surface area contributed by atoms with Crippen molar-refractivity contribution >= 4 is 39.2 Å². The number of thiophene rings is 1. The second kappa shape index (κ2) is 8.65. The van der Waals surface area contributed by atoms with Crippen LogP contribution < -0.4 is 5.32 Å². The van der Waals surface area contributed by atoms with Gasteiger partial charge in [-0.25, -0.2) is 9.97 Å². The highest BCUT2D eigenvalue weighted by Gasteiger charge is 2.28. The molecule has 0 aromatic carbocycles. The Kier molecular flexibility index (Phi) is 5.99. The standard InChI is InChI=1S/C21H29N5O2S/c1-14-7-3-4-12-26(14)21(28)18-15(2)17-19(23-13-24-20(17)29-18)22-9-6-11-25-10-5-8-16(25)27/h13-14H,3-12H2,1-2H3,(H,22,23,24)/t14-/m1/s1. The van der Waals surface area contributed by atoms with E-state index in [9.17, 15) is 9.59 Å². The van der Waals surface area contributed by atoms with E-state index >= 15 is 0 Å². The van der Waals surface area contributed by atoms with Crippen molar-refractivity contribution in [3.8, 4) is 0 Å². The molecule has 2 fully saturated rings. The van der Waals surface area contributed by atoms with Gasteiger partial charge in [0.2, 0.25) is 5.91 Å². The first-order chi connectivity index (χ1) is 14.1. The number of carbonyl (C=O) groups is 2. The molecule has 0 saturated carbocycles. The van der Waals surface area contributed by atoms with Crippen molar-refractivity contribution in [1.82, 2.24) is 19.8 Å². The van der Waals surface area contributed by atoms with Crippen LogP contribution in [0.4, 0.5) is 5.82 Å². The minimum Gasteiger partial charge on any atom is -0.369 e. The van der Waals surface area contributed by atoms with Crippen molar-refractivity contribution in [3.63, 3.8) is 0 Å². The Morgan fingerprint density at radius 2 is 2.14 bits per heavy atom. The molecule has 2 aromatic heterocycles. The van der Waals surface area contributed by atoms with Gasteiger partial charge in [0.1, 0.15) is 17.0 Å². The van der Waals surface area contributed by atoms with Gasteiger partial charge in [-0.1, -0.05) is 0 Å². The smallest absolute Gasteiger partial charge is 0.264 e. The number of anilines is 1. The molecule has 2 saturated heterocycles. The number of piperidine rings is 1. The first-order valence-corrected chi connectivity index (χ1v) is 11.4. The third-order valence-corrected chi connectivity index (χ3v) is 7.24. The zero-order valence-corrected chi connectivity index (χ0v) is 18.1. The summed E-state index contributed by atoms with van der Waals surface area (Å²) in [4.78, 5) is 39.3. The van der Waals surface area contributed by atoms with Crippen molar-refractivity contribution in [3.05, 3.63) is 16.8 Å². The number of fused-ring (bicyclic) bond motifs is 1. The van der Waals surface area contributed by atoms with Crippen molar-refractivity contribution in [2.45, 2.75) is 58.4 Å². The Labute approximate surface area is 175 Å². The number of nitrogens with zero attached hydrogens (tertiary/aromatic N) is 4. The lowest BCUT2D eigenvalue weighted by Gasteiger charge is -2.33. The molecule has 7 nitrogen and oxygen atoms in total. The summed E-state index contributed by atoms with van der Waals surface area (Å²) >= 11 is 1.47. The van der Waals surface area contributed by atoms with Gasteiger partial charge in [0.05, 0.1) is 10.3 Å². The van der Waals surface area contributed by atoms with Gasteiger partial charge in [0, 0.05) is 38.6 Å². The first-order valence-electron chi connectivity index (χ1n) is 10.6. The van der Waals surface area contributed by atoms with E-state index in [2.05, 4.69) is 22.2 Å². The molecule has 156 valence electrons. The molecule has 1 atom stereocenters. The zero-order valence-electron chi connectivity index (χ0n) is 17.2. The fraction of sp³-hybridized carbons (Fsp3) is 0.619. The molecule has 0 aliphatic carbocycles. The van der Waals surface area contributed by atoms with Gasteiger partial charge < -0.3 is 15.1 Å². The third kappa shape index (κ3) is 4.08. The number of hydrogen-bond donors (Lipinski definition) is 1. The minimum absolute atomic E-state index is 0.121. The van der Waals surface area contributed by atoms with Crippen molar-refractivity contribution in [2.75, 3.05) is 31.5 Å². The molecule has 1 N–H and O–H groups in total. The molecule has 2 aliphatic heterocycles. The second-order valence-corrected chi connectivity index (χ2v) is 9.07. The van der Waals surface area contributed by atoms with Crippen LogP contribution in [0.5, 0.6) is 0 Å². The molecule has 0 radical (unpaired) electrons. The molecule has 29 heavy (non-hydrogen) atoms. The molecular weight excluding hydrogens is 386 g/mol. The Morgan fingerprint density at radius 3 is 2.90 bits per heavy atom. The average Bonchev–Trinajstić information content (AvgIpc) is 3.28. The molecule has 0 spiro atoms. The lowest BCUT2D eigenvalue weighted by atomic mass is 10.0. The van der Waals surface area contributed by atoms with E-state index < -0.39 is 0 Å². The molecule has 8 heteroatoms. The normalized spacial score (nSPS) is 19.9. The van der Waals surface area contributed by atoms with Crippen LogP contribution in [0.1, 0.15) is 60.7 Å². The maximum Gasteiger partial charge on any atom is 0.264 e. The van der Waals surface area contributed by atoms with Gasteiger partial charge >= 0.3 is 0 Å². The van der Waals surface area contributed by atoms with Gasteiger partial charge in [-0.05, 0) is 51.5 Å². The van der Waals surface area contributed by atoms with Gasteiger partial charge in [-0.3, -0.25) is 9.59 Å². The van der Waals surface area contributed by atoms with Gasteiger partial charge in [-0.2, -0.15) is 0 Å². The second-order valence-electron chi connectivity index (χ2n) is 8.07. The summed E-state index contributed by atoms with van der Waals surface area (Å²) in [6.45, 7) is 7.35. The van der Waals surface area contributed by atoms with E-state index in [1.54, 1.807) is 6.33 Å². The Balaban J connectivity index is 1.47. The largest absolute Gasteiger partial charge is 0.369 e. The van der Waals surface area contributed by atoms with Gasteiger partial charge in [0.15, 0.2) is 0 Å². The highest BCUT2D eigenvalue weighted by molar-refractivity contribution is 7.20. The maximum absolute atomic E-state index is 13.2. The minimum atomic E-state index is 0.121. The van der Waals surface area contributed by atoms with Gasteiger partial charge in [0.25, 0.3) is 5.91 Å². The number of aryl methyl sites for hydroxylation is 1. The van der Waals surface area contributed by atoms with Crippen LogP contribution in [0.15, 0.2) is 6.33 Å². The van der Waals surface area contributed by atoms with E-state index in [0.29, 0.717) is 6.42 Å². The Hall–Kier alpha value is -2.22. The highest BCUT2D eigenvalue weighted by Crippen LogP contribution is 2.35. The number of likely N-dealkylation sites (tertiary alicyclic amines) is 2. The van der Waals surface area contributed by atoms with E-state index in [1.807, 2.05) is 16.7 Å². The van der Waals surface area contributed by atoms with Crippen molar-refractivity contribution in [1.29, 1.82) is 0 Å². The average molecular weight is 416 g/mol. The summed E-state index contributed by atoms with van der Waals surface area (Å²) in [6, 6.07) is 0.290. The number of hydrogen-bond acceptors (Lipinski definition) is 6. The highest BCUT2D eigenvalue weighted by atomic mass is 32.1. The van der Waals surface area contributed by atoms with Crippen LogP contribution in [0.3, 0.4) is 0 Å². The van der Waals surface area contributed by atoms with Crippen LogP contribution >= 0.6 is 11.3 Å². The molecule has 2 amide bonds. The molecule has 0 unspecified atom stereocenters. The number of aromatic nitrogens is 2. The summed E-state index contributed by atoms with van der Waals surface area (Å²) in [5.41, 5.74) is 0.964. The van der Waals surface area contributed by atoms with E-state index in [4.69, 9.17) is 0 Å². The molecule has 0 bridgehead atoms. The first kappa shape index (κ1) is 20.1. The number of rotatable bonds is 6. The number of nitrogens with one attached hydrogen (secondary N) is 1. The summed E-state index contributed by atoms with van der Waals surface area (Å²) in [5, 5.41) is 4.35. The predicted octanol–water partition coefficient (Wildman–Crippen LogP) is 3.44. The van der Waals surface area contributed by atoms with Crippen LogP contribution in [-0.4, -0.2) is 63.8 Å². The summed E-state index contributed by atoms with van der Waals surface area (Å²) in [6.07, 6.45) is 7.42. The SMILES string of the molecule is Cc1c(C(=O)N2CCCC[C@H]2C)sc2ncnc(NCCCN3CCCC3=O)c12. The summed E-state index contributed by atoms with van der Waals surface area (Å²) in [7, 11) is 0. The van der Waals surface area contributed by atoms with Crippen LogP contribution in [-0.2, 0) is 4.79 Å². The molecule has 4 heterocycles.